The molecule has 23 heavy (non-hydrogen) atoms. The van der Waals surface area contributed by atoms with Gasteiger partial charge in [-0.3, -0.25) is 0 Å². The first-order valence-electron chi connectivity index (χ1n) is 6.77. The van der Waals surface area contributed by atoms with Crippen molar-refractivity contribution < 1.29 is 8.78 Å². The maximum Gasteiger partial charge on any atom is 0.347 e. The molecule has 7 heteroatoms. The first-order valence-corrected chi connectivity index (χ1v) is 7.17. The van der Waals surface area contributed by atoms with E-state index in [0.29, 0.717) is 5.69 Å². The van der Waals surface area contributed by atoms with Crippen molar-refractivity contribution in [3.05, 3.63) is 86.5 Å². The summed E-state index contributed by atoms with van der Waals surface area (Å²) in [7, 11) is 0. The van der Waals surface area contributed by atoms with E-state index in [9.17, 15) is 13.6 Å². The zero-order chi connectivity index (χ0) is 16.4. The lowest BCUT2D eigenvalue weighted by Crippen LogP contribution is -2.25. The number of nitrogens with one attached hydrogen (secondary N) is 1. The molecule has 2 aromatic carbocycles. The molecule has 0 saturated carbocycles. The maximum atomic E-state index is 13.8. The molecule has 3 aromatic rings. The molecule has 0 bridgehead atoms. The second kappa shape index (κ2) is 6.21. The van der Waals surface area contributed by atoms with E-state index in [4.69, 9.17) is 12.2 Å². The molecule has 4 nitrogen and oxygen atoms in total. The number of hydrogen-bond donors (Lipinski definition) is 1. The van der Waals surface area contributed by atoms with Crippen molar-refractivity contribution in [1.82, 2.24) is 14.8 Å². The number of halogens is 2. The van der Waals surface area contributed by atoms with Crippen LogP contribution in [0.25, 0.3) is 5.69 Å². The van der Waals surface area contributed by atoms with Gasteiger partial charge in [-0.05, 0) is 24.3 Å². The molecule has 0 fully saturated rings. The summed E-state index contributed by atoms with van der Waals surface area (Å²) in [6, 6.07) is 12.3. The van der Waals surface area contributed by atoms with E-state index in [1.54, 1.807) is 30.3 Å². The molecule has 0 saturated heterocycles. The van der Waals surface area contributed by atoms with Gasteiger partial charge in [0.05, 0.1) is 5.69 Å². The standard InChI is InChI=1S/C16H11F2N3OS/c17-12-7-4-8-13(18)11(12)9-14-15(23)21(16(22)20-19-14)10-5-2-1-3-6-10/h1-8H,9H2,(H,20,22). The summed E-state index contributed by atoms with van der Waals surface area (Å²) in [5.41, 5.74) is 0.112. The fourth-order valence-electron chi connectivity index (χ4n) is 2.23. The molecular formula is C16H11F2N3OS. The average Bonchev–Trinajstić information content (AvgIpc) is 2.54. The van der Waals surface area contributed by atoms with Gasteiger partial charge in [0.1, 0.15) is 22.0 Å². The van der Waals surface area contributed by atoms with Crippen LogP contribution in [0.15, 0.2) is 53.3 Å². The van der Waals surface area contributed by atoms with Gasteiger partial charge in [0.2, 0.25) is 0 Å². The predicted molar refractivity (Wildman–Crippen MR) is 84.2 cm³/mol. The number of hydrogen-bond acceptors (Lipinski definition) is 3. The number of H-pyrrole nitrogens is 1. The zero-order valence-corrected chi connectivity index (χ0v) is 12.6. The maximum absolute atomic E-state index is 13.8. The third-order valence-corrected chi connectivity index (χ3v) is 3.78. The summed E-state index contributed by atoms with van der Waals surface area (Å²) < 4.78 is 28.9. The van der Waals surface area contributed by atoms with Gasteiger partial charge >= 0.3 is 5.69 Å². The molecule has 1 aromatic heterocycles. The molecule has 116 valence electrons. The fourth-order valence-corrected chi connectivity index (χ4v) is 2.54. The van der Waals surface area contributed by atoms with Crippen LogP contribution in [0.4, 0.5) is 8.78 Å². The number of nitrogens with zero attached hydrogens (tertiary/aromatic N) is 2. The molecule has 0 spiro atoms. The van der Waals surface area contributed by atoms with Gasteiger partial charge < -0.3 is 0 Å². The van der Waals surface area contributed by atoms with E-state index >= 15 is 0 Å². The predicted octanol–water partition coefficient (Wildman–Crippen LogP) is 3.16. The first-order chi connectivity index (χ1) is 11.1. The highest BCUT2D eigenvalue weighted by Crippen LogP contribution is 2.16. The molecule has 0 unspecified atom stereocenters. The number of aromatic amines is 1. The number of rotatable bonds is 3. The van der Waals surface area contributed by atoms with Crippen LogP contribution in [0.5, 0.6) is 0 Å². The Morgan fingerprint density at radius 3 is 2.35 bits per heavy atom. The van der Waals surface area contributed by atoms with Crippen molar-refractivity contribution >= 4 is 12.2 Å². The lowest BCUT2D eigenvalue weighted by Gasteiger charge is -2.09. The van der Waals surface area contributed by atoms with E-state index in [0.717, 1.165) is 0 Å². The van der Waals surface area contributed by atoms with Crippen LogP contribution in [0.3, 0.4) is 0 Å². The minimum Gasteiger partial charge on any atom is -0.250 e. The van der Waals surface area contributed by atoms with E-state index in [-0.39, 0.29) is 22.3 Å². The summed E-state index contributed by atoms with van der Waals surface area (Å²) in [6.45, 7) is 0. The van der Waals surface area contributed by atoms with Crippen LogP contribution in [-0.2, 0) is 6.42 Å². The summed E-state index contributed by atoms with van der Waals surface area (Å²) in [6.07, 6.45) is -0.152. The van der Waals surface area contributed by atoms with Gasteiger partial charge in [-0.25, -0.2) is 23.2 Å². The van der Waals surface area contributed by atoms with Crippen LogP contribution in [-0.4, -0.2) is 14.8 Å². The molecule has 0 aliphatic carbocycles. The van der Waals surface area contributed by atoms with E-state index < -0.39 is 17.3 Å². The molecule has 0 aliphatic rings. The fraction of sp³-hybridized carbons (Fsp3) is 0.0625. The Hall–Kier alpha value is -2.67. The van der Waals surface area contributed by atoms with Crippen molar-refractivity contribution in [1.29, 1.82) is 0 Å². The number of aromatic nitrogens is 3. The van der Waals surface area contributed by atoms with Crippen molar-refractivity contribution in [2.45, 2.75) is 6.42 Å². The Bertz CT molecular complexity index is 947. The van der Waals surface area contributed by atoms with E-state index in [1.807, 2.05) is 0 Å². The Morgan fingerprint density at radius 2 is 1.70 bits per heavy atom. The molecule has 1 heterocycles. The molecule has 0 amide bonds. The average molecular weight is 331 g/mol. The van der Waals surface area contributed by atoms with E-state index in [2.05, 4.69) is 10.2 Å². The second-order valence-electron chi connectivity index (χ2n) is 4.83. The van der Waals surface area contributed by atoms with Crippen molar-refractivity contribution in [3.8, 4) is 5.69 Å². The highest BCUT2D eigenvalue weighted by molar-refractivity contribution is 7.71. The highest BCUT2D eigenvalue weighted by Gasteiger charge is 2.14. The third-order valence-electron chi connectivity index (χ3n) is 3.36. The highest BCUT2D eigenvalue weighted by atomic mass is 32.1. The van der Waals surface area contributed by atoms with Crippen molar-refractivity contribution in [2.24, 2.45) is 0 Å². The topological polar surface area (TPSA) is 50.7 Å². The second-order valence-corrected chi connectivity index (χ2v) is 5.22. The molecule has 0 atom stereocenters. The Morgan fingerprint density at radius 1 is 1.04 bits per heavy atom. The summed E-state index contributed by atoms with van der Waals surface area (Å²) in [4.78, 5) is 12.0. The Kier molecular flexibility index (Phi) is 4.12. The lowest BCUT2D eigenvalue weighted by molar-refractivity contribution is 0.558. The lowest BCUT2D eigenvalue weighted by atomic mass is 10.1. The first kappa shape index (κ1) is 15.2. The SMILES string of the molecule is O=c1[nH]nc(Cc2c(F)cccc2F)c(=S)n1-c1ccccc1. The number of benzene rings is 2. The van der Waals surface area contributed by atoms with Crippen molar-refractivity contribution in [3.63, 3.8) is 0 Å². The zero-order valence-electron chi connectivity index (χ0n) is 11.8. The Labute approximate surface area is 135 Å². The molecule has 3 rings (SSSR count). The van der Waals surface area contributed by atoms with Crippen LogP contribution in [0.2, 0.25) is 0 Å². The minimum atomic E-state index is -0.682. The monoisotopic (exact) mass is 331 g/mol. The molecular weight excluding hydrogens is 320 g/mol. The molecule has 0 radical (unpaired) electrons. The van der Waals surface area contributed by atoms with Crippen LogP contribution < -0.4 is 5.69 Å². The van der Waals surface area contributed by atoms with E-state index in [1.165, 1.54) is 22.8 Å². The normalized spacial score (nSPS) is 10.7. The summed E-state index contributed by atoms with van der Waals surface area (Å²) in [5.74, 6) is -1.36. The minimum absolute atomic E-state index is 0.114. The summed E-state index contributed by atoms with van der Waals surface area (Å²) in [5, 5.41) is 6.16. The number of para-hydroxylation sites is 1. The largest absolute Gasteiger partial charge is 0.347 e. The van der Waals surface area contributed by atoms with Crippen molar-refractivity contribution in [2.75, 3.05) is 0 Å². The van der Waals surface area contributed by atoms with Gasteiger partial charge in [0.15, 0.2) is 0 Å². The molecule has 0 aliphatic heterocycles. The van der Waals surface area contributed by atoms with Gasteiger partial charge in [-0.2, -0.15) is 5.10 Å². The van der Waals surface area contributed by atoms with Gasteiger partial charge in [0.25, 0.3) is 0 Å². The van der Waals surface area contributed by atoms with Gasteiger partial charge in [-0.1, -0.05) is 36.5 Å². The smallest absolute Gasteiger partial charge is 0.250 e. The molecule has 1 N–H and O–H groups in total. The quantitative estimate of drug-likeness (QED) is 0.750. The third kappa shape index (κ3) is 2.95. The van der Waals surface area contributed by atoms with Crippen LogP contribution >= 0.6 is 12.2 Å². The van der Waals surface area contributed by atoms with Gasteiger partial charge in [-0.15, -0.1) is 0 Å². The summed E-state index contributed by atoms with van der Waals surface area (Å²) >= 11 is 5.28. The van der Waals surface area contributed by atoms with Crippen LogP contribution in [0, 0.1) is 16.3 Å². The Balaban J connectivity index is 2.13. The van der Waals surface area contributed by atoms with Crippen LogP contribution in [0.1, 0.15) is 11.3 Å². The van der Waals surface area contributed by atoms with Gasteiger partial charge in [0, 0.05) is 12.0 Å².